The molecule has 0 aromatic rings. The molecular weight excluding hydrogens is 429 g/mol. The van der Waals surface area contributed by atoms with E-state index in [1.807, 2.05) is 73.4 Å². The Balaban J connectivity index is 3.11. The van der Waals surface area contributed by atoms with Crippen LogP contribution in [0, 0.1) is 0 Å². The van der Waals surface area contributed by atoms with Gasteiger partial charge in [0.25, 0.3) is 0 Å². The van der Waals surface area contributed by atoms with Gasteiger partial charge in [-0.3, -0.25) is 9.80 Å². The maximum absolute atomic E-state index is 5.57. The molecule has 10 heteroatoms. The van der Waals surface area contributed by atoms with Crippen molar-refractivity contribution in [1.82, 2.24) is 9.80 Å². The third kappa shape index (κ3) is 20.2. The molecule has 170 valence electrons. The fourth-order valence-electron chi connectivity index (χ4n) is 1.91. The van der Waals surface area contributed by atoms with Crippen LogP contribution in [0.1, 0.15) is 26.7 Å². The van der Waals surface area contributed by atoms with Crippen molar-refractivity contribution >= 4 is 40.6 Å². The molecule has 0 saturated heterocycles. The predicted octanol–water partition coefficient (Wildman–Crippen LogP) is 2.03. The Bertz CT molecular complexity index is 306. The summed E-state index contributed by atoms with van der Waals surface area (Å²) in [4.78, 5) is 4.07. The third-order valence-electron chi connectivity index (χ3n) is 4.36. The number of nitrogens with zero attached hydrogens (tertiary/aromatic N) is 2. The molecular formula is C18H44N2O4S2Si2. The Morgan fingerprint density at radius 2 is 1.11 bits per heavy atom. The van der Waals surface area contributed by atoms with E-state index in [1.54, 1.807) is 0 Å². The Morgan fingerprint density at radius 1 is 0.714 bits per heavy atom. The van der Waals surface area contributed by atoms with Crippen molar-refractivity contribution in [2.24, 2.45) is 0 Å². The van der Waals surface area contributed by atoms with Crippen LogP contribution in [0.15, 0.2) is 0 Å². The minimum Gasteiger partial charge on any atom is -0.359 e. The maximum atomic E-state index is 5.57. The van der Waals surface area contributed by atoms with Crippen LogP contribution in [-0.4, -0.2) is 107 Å². The van der Waals surface area contributed by atoms with Crippen LogP contribution in [0.5, 0.6) is 0 Å². The second-order valence-electron chi connectivity index (χ2n) is 7.28. The van der Waals surface area contributed by atoms with Crippen LogP contribution in [0.25, 0.3) is 0 Å². The van der Waals surface area contributed by atoms with E-state index in [0.29, 0.717) is 13.6 Å². The largest absolute Gasteiger partial charge is 0.359 e. The first-order valence-electron chi connectivity index (χ1n) is 10.4. The van der Waals surface area contributed by atoms with Crippen molar-refractivity contribution in [3.05, 3.63) is 0 Å². The molecule has 0 N–H and O–H groups in total. The van der Waals surface area contributed by atoms with E-state index in [1.165, 1.54) is 36.4 Å². The highest BCUT2D eigenvalue weighted by Crippen LogP contribution is 2.23. The highest BCUT2D eigenvalue weighted by atomic mass is 33.1. The van der Waals surface area contributed by atoms with Gasteiger partial charge in [0.1, 0.15) is 26.0 Å². The van der Waals surface area contributed by atoms with Crippen molar-refractivity contribution in [2.45, 2.75) is 51.2 Å². The van der Waals surface area contributed by atoms with Gasteiger partial charge >= 0.3 is 0 Å². The molecule has 2 unspecified atom stereocenters. The highest BCUT2D eigenvalue weighted by Gasteiger charge is 2.04. The Kier molecular flexibility index (Phi) is 21.8. The molecule has 0 saturated carbocycles. The van der Waals surface area contributed by atoms with Gasteiger partial charge in [-0.2, -0.15) is 0 Å². The zero-order valence-corrected chi connectivity index (χ0v) is 23.4. The number of hydrogen-bond donors (Lipinski definition) is 0. The topological polar surface area (TPSA) is 43.4 Å². The molecule has 28 heavy (non-hydrogen) atoms. The second kappa shape index (κ2) is 21.1. The van der Waals surface area contributed by atoms with Gasteiger partial charge in [0.05, 0.1) is 19.0 Å². The van der Waals surface area contributed by atoms with Crippen molar-refractivity contribution in [3.8, 4) is 0 Å². The summed E-state index contributed by atoms with van der Waals surface area (Å²) in [5.41, 5.74) is 0. The summed E-state index contributed by atoms with van der Waals surface area (Å²) in [5, 5.41) is 0. The van der Waals surface area contributed by atoms with E-state index < -0.39 is 0 Å². The lowest BCUT2D eigenvalue weighted by Crippen LogP contribution is -2.28. The van der Waals surface area contributed by atoms with E-state index in [0.717, 1.165) is 12.5 Å². The van der Waals surface area contributed by atoms with Crippen LogP contribution in [-0.2, 0) is 18.9 Å². The monoisotopic (exact) mass is 472 g/mol. The Labute approximate surface area is 186 Å². The molecule has 0 aromatic heterocycles. The molecule has 0 bridgehead atoms. The van der Waals surface area contributed by atoms with Crippen LogP contribution in [0.2, 0.25) is 12.1 Å². The van der Waals surface area contributed by atoms with E-state index >= 15 is 0 Å². The van der Waals surface area contributed by atoms with Crippen LogP contribution in [0.3, 0.4) is 0 Å². The summed E-state index contributed by atoms with van der Waals surface area (Å²) in [6.45, 7) is 4.92. The molecule has 0 aliphatic rings. The molecule has 0 rings (SSSR count). The number of rotatable bonds is 21. The van der Waals surface area contributed by atoms with Crippen molar-refractivity contribution in [3.63, 3.8) is 0 Å². The third-order valence-corrected chi connectivity index (χ3v) is 10.1. The van der Waals surface area contributed by atoms with Crippen LogP contribution >= 0.6 is 21.6 Å². The van der Waals surface area contributed by atoms with E-state index in [2.05, 4.69) is 0 Å². The summed E-state index contributed by atoms with van der Waals surface area (Å²) < 4.78 is 22.2. The molecule has 0 spiro atoms. The summed E-state index contributed by atoms with van der Waals surface area (Å²) in [6, 6.07) is 2.74. The minimum atomic E-state index is -0.0806. The smallest absolute Gasteiger partial charge is 0.148 e. The van der Waals surface area contributed by atoms with E-state index in [-0.39, 0.29) is 31.5 Å². The fraction of sp³-hybridized carbons (Fsp3) is 1.00. The second-order valence-corrected chi connectivity index (χ2v) is 13.6. The van der Waals surface area contributed by atoms with E-state index in [4.69, 9.17) is 18.9 Å². The molecule has 2 atom stereocenters. The molecule has 0 aliphatic heterocycles. The molecule has 0 heterocycles. The van der Waals surface area contributed by atoms with Gasteiger partial charge in [-0.05, 0) is 54.9 Å². The van der Waals surface area contributed by atoms with Crippen LogP contribution < -0.4 is 0 Å². The molecule has 0 amide bonds. The van der Waals surface area contributed by atoms with E-state index in [9.17, 15) is 0 Å². The molecule has 0 fully saturated rings. The van der Waals surface area contributed by atoms with Gasteiger partial charge < -0.3 is 18.9 Å². The minimum absolute atomic E-state index is 0.0806. The van der Waals surface area contributed by atoms with Gasteiger partial charge in [-0.15, -0.1) is 0 Å². The Hall–Kier alpha value is 0.894. The molecule has 0 aromatic carbocycles. The van der Waals surface area contributed by atoms with Gasteiger partial charge in [-0.1, -0.05) is 33.7 Å². The van der Waals surface area contributed by atoms with Crippen molar-refractivity contribution in [2.75, 3.05) is 65.7 Å². The van der Waals surface area contributed by atoms with Gasteiger partial charge in [0.2, 0.25) is 0 Å². The normalized spacial score (nSPS) is 15.0. The van der Waals surface area contributed by atoms with Gasteiger partial charge in [0, 0.05) is 24.0 Å². The lowest BCUT2D eigenvalue weighted by atomic mass is 10.6. The first-order valence-corrected chi connectivity index (χ1v) is 16.9. The van der Waals surface area contributed by atoms with Crippen LogP contribution in [0.4, 0.5) is 0 Å². The summed E-state index contributed by atoms with van der Waals surface area (Å²) in [6.07, 6.45) is 4.77. The lowest BCUT2D eigenvalue weighted by molar-refractivity contribution is -0.115. The number of ether oxygens (including phenoxy) is 4. The standard InChI is InChI=1S/C18H44N2O4S2Si2/c1-17(19(3)4)23-13-21-15-27-11-7-9-25-26-10-8-12-28-16-22-14-24-18(2)20(5)6/h17-18H,7-16,27-28H2,1-6H3. The molecule has 0 aliphatic carbocycles. The van der Waals surface area contributed by atoms with Crippen molar-refractivity contribution in [1.29, 1.82) is 0 Å². The zero-order valence-electron chi connectivity index (χ0n) is 19.0. The summed E-state index contributed by atoms with van der Waals surface area (Å²) >= 11 is 0. The number of hydrogen-bond acceptors (Lipinski definition) is 8. The quantitative estimate of drug-likeness (QED) is 0.109. The lowest BCUT2D eigenvalue weighted by Gasteiger charge is -2.19. The molecule has 6 nitrogen and oxygen atoms in total. The fourth-order valence-corrected chi connectivity index (χ4v) is 7.19. The first-order chi connectivity index (χ1) is 13.4. The maximum Gasteiger partial charge on any atom is 0.148 e. The van der Waals surface area contributed by atoms with Gasteiger partial charge in [0.15, 0.2) is 0 Å². The zero-order chi connectivity index (χ0) is 21.0. The average Bonchev–Trinajstić information content (AvgIpc) is 2.66. The highest BCUT2D eigenvalue weighted by molar-refractivity contribution is 8.76. The summed E-state index contributed by atoms with van der Waals surface area (Å²) in [7, 11) is 11.9. The van der Waals surface area contributed by atoms with Gasteiger partial charge in [-0.25, -0.2) is 0 Å². The Morgan fingerprint density at radius 3 is 1.46 bits per heavy atom. The predicted molar refractivity (Wildman–Crippen MR) is 131 cm³/mol. The summed E-state index contributed by atoms with van der Waals surface area (Å²) in [5.74, 6) is 2.54. The average molecular weight is 473 g/mol. The molecule has 0 radical (unpaired) electrons. The van der Waals surface area contributed by atoms with Crippen molar-refractivity contribution < 1.29 is 18.9 Å². The first kappa shape index (κ1) is 28.9. The SMILES string of the molecule is CC(OCOC[SiH2]CCCSSCCC[SiH2]COCOC(C)N(C)C)N(C)C.